The first-order valence-electron chi connectivity index (χ1n) is 7.94. The van der Waals surface area contributed by atoms with E-state index in [4.69, 9.17) is 10.5 Å². The maximum absolute atomic E-state index is 12.5. The van der Waals surface area contributed by atoms with Gasteiger partial charge in [-0.2, -0.15) is 0 Å². The number of aliphatic hydroxyl groups is 2. The van der Waals surface area contributed by atoms with Crippen LogP contribution >= 0.6 is 0 Å². The average molecular weight is 375 g/mol. The number of nitrogens with zero attached hydrogens (tertiary/aromatic N) is 4. The molecule has 3 heterocycles. The van der Waals surface area contributed by atoms with E-state index in [1.54, 1.807) is 24.3 Å². The van der Waals surface area contributed by atoms with Gasteiger partial charge in [-0.05, 0) is 12.1 Å². The van der Waals surface area contributed by atoms with Crippen LogP contribution in [0.25, 0.3) is 11.2 Å². The van der Waals surface area contributed by atoms with Crippen LogP contribution in [-0.4, -0.2) is 58.0 Å². The highest BCUT2D eigenvalue weighted by molar-refractivity contribution is 7.85. The minimum absolute atomic E-state index is 0.0580. The summed E-state index contributed by atoms with van der Waals surface area (Å²) in [4.78, 5) is 12.8. The first-order chi connectivity index (χ1) is 12.6. The van der Waals surface area contributed by atoms with E-state index >= 15 is 0 Å². The molecule has 0 amide bonds. The minimum Gasteiger partial charge on any atom is -0.387 e. The smallest absolute Gasteiger partial charge is 0.167 e. The fourth-order valence-corrected chi connectivity index (χ4v) is 4.20. The number of aromatic nitrogens is 4. The Bertz CT molecular complexity index is 950. The van der Waals surface area contributed by atoms with Crippen molar-refractivity contribution in [3.05, 3.63) is 43.0 Å². The zero-order valence-corrected chi connectivity index (χ0v) is 14.4. The molecule has 5 atom stereocenters. The molecule has 9 nitrogen and oxygen atoms in total. The maximum Gasteiger partial charge on any atom is 0.167 e. The van der Waals surface area contributed by atoms with E-state index in [1.165, 1.54) is 17.2 Å². The third kappa shape index (κ3) is 2.86. The highest BCUT2D eigenvalue weighted by atomic mass is 32.2. The van der Waals surface area contributed by atoms with E-state index in [0.717, 1.165) is 0 Å². The predicted octanol–water partition coefficient (Wildman–Crippen LogP) is -0.165. The molecule has 1 saturated heterocycles. The predicted molar refractivity (Wildman–Crippen MR) is 93.4 cm³/mol. The largest absolute Gasteiger partial charge is 0.387 e. The molecule has 10 heteroatoms. The second kappa shape index (κ2) is 6.72. The summed E-state index contributed by atoms with van der Waals surface area (Å²) in [5.74, 6) is 0.270. The normalized spacial score (nSPS) is 27.0. The number of nitrogen functional groups attached to an aromatic ring is 1. The Morgan fingerprint density at radius 3 is 2.69 bits per heavy atom. The summed E-state index contributed by atoms with van der Waals surface area (Å²) in [6, 6.07) is 8.90. The van der Waals surface area contributed by atoms with E-state index in [-0.39, 0.29) is 11.6 Å². The van der Waals surface area contributed by atoms with Gasteiger partial charge in [-0.3, -0.25) is 8.78 Å². The quantitative estimate of drug-likeness (QED) is 0.572. The topological polar surface area (TPSA) is 136 Å². The number of fused-ring (bicyclic) bond motifs is 1. The van der Waals surface area contributed by atoms with E-state index in [2.05, 4.69) is 15.0 Å². The molecule has 1 unspecified atom stereocenters. The Kier molecular flexibility index (Phi) is 4.41. The number of imidazole rings is 1. The first-order valence-corrected chi connectivity index (χ1v) is 9.26. The van der Waals surface area contributed by atoms with Crippen LogP contribution in [0.5, 0.6) is 0 Å². The van der Waals surface area contributed by atoms with Crippen molar-refractivity contribution in [1.29, 1.82) is 0 Å². The van der Waals surface area contributed by atoms with Crippen molar-refractivity contribution in [2.45, 2.75) is 29.4 Å². The lowest BCUT2D eigenvalue weighted by Gasteiger charge is -2.16. The number of hydrogen-bond donors (Lipinski definition) is 3. The number of aliphatic hydroxyl groups excluding tert-OH is 2. The number of rotatable bonds is 4. The van der Waals surface area contributed by atoms with E-state index < -0.39 is 35.3 Å². The van der Waals surface area contributed by atoms with Gasteiger partial charge in [-0.25, -0.2) is 15.0 Å². The van der Waals surface area contributed by atoms with Gasteiger partial charge in [0.25, 0.3) is 0 Å². The molecule has 1 aromatic carbocycles. The van der Waals surface area contributed by atoms with Gasteiger partial charge in [-0.15, -0.1) is 0 Å². The number of nitrogens with two attached hydrogens (primary N) is 1. The van der Waals surface area contributed by atoms with Crippen LogP contribution in [0.15, 0.2) is 47.9 Å². The Labute approximate surface area is 150 Å². The number of hydrogen-bond acceptors (Lipinski definition) is 8. The van der Waals surface area contributed by atoms with Crippen molar-refractivity contribution in [1.82, 2.24) is 19.5 Å². The van der Waals surface area contributed by atoms with Crippen LogP contribution in [0.2, 0.25) is 0 Å². The molecule has 3 aromatic rings. The molecular formula is C16H17N5O4S. The molecule has 0 radical (unpaired) electrons. The van der Waals surface area contributed by atoms with Crippen molar-refractivity contribution >= 4 is 27.8 Å². The molecule has 4 N–H and O–H groups in total. The number of benzene rings is 1. The average Bonchev–Trinajstić information content (AvgIpc) is 3.20. The molecule has 0 bridgehead atoms. The Morgan fingerprint density at radius 1 is 1.15 bits per heavy atom. The standard InChI is InChI=1S/C16H17N5O4S/c17-14-11-15(19-7-18-14)21(8-20-11)16-13(23)12(22)10(25-16)6-26(24)9-4-2-1-3-5-9/h1-5,7-8,10,12-13,16,22-23H,6H2,(H2,17,18,19)/t10-,12-,13-,16-,26?/m1/s1. The molecule has 26 heavy (non-hydrogen) atoms. The minimum atomic E-state index is -1.37. The fraction of sp³-hybridized carbons (Fsp3) is 0.312. The first kappa shape index (κ1) is 17.0. The SMILES string of the molecule is Nc1ncnc2c1ncn2[C@@H]1O[C@H](CS(=O)c2ccccc2)[C@@H](O)[C@H]1O. The van der Waals surface area contributed by atoms with Crippen molar-refractivity contribution < 1.29 is 19.2 Å². The molecule has 1 fully saturated rings. The lowest BCUT2D eigenvalue weighted by Crippen LogP contribution is -2.34. The van der Waals surface area contributed by atoms with Crippen molar-refractivity contribution in [2.24, 2.45) is 0 Å². The van der Waals surface area contributed by atoms with Crippen LogP contribution in [0.4, 0.5) is 5.82 Å². The summed E-state index contributed by atoms with van der Waals surface area (Å²) in [6.45, 7) is 0. The molecule has 0 aliphatic carbocycles. The van der Waals surface area contributed by atoms with Crippen LogP contribution in [-0.2, 0) is 15.5 Å². The third-order valence-corrected chi connectivity index (χ3v) is 5.75. The van der Waals surface area contributed by atoms with Gasteiger partial charge in [0.15, 0.2) is 17.7 Å². The molecule has 136 valence electrons. The van der Waals surface area contributed by atoms with Gasteiger partial charge in [0.05, 0.1) is 22.9 Å². The second-order valence-electron chi connectivity index (χ2n) is 5.95. The highest BCUT2D eigenvalue weighted by Gasteiger charge is 2.45. The Balaban J connectivity index is 1.58. The van der Waals surface area contributed by atoms with E-state index in [9.17, 15) is 14.4 Å². The summed E-state index contributed by atoms with van der Waals surface area (Å²) in [5.41, 5.74) is 6.54. The van der Waals surface area contributed by atoms with Crippen LogP contribution < -0.4 is 5.73 Å². The summed E-state index contributed by atoms with van der Waals surface area (Å²) >= 11 is 0. The number of ether oxygens (including phenoxy) is 1. The highest BCUT2D eigenvalue weighted by Crippen LogP contribution is 2.32. The van der Waals surface area contributed by atoms with E-state index in [0.29, 0.717) is 16.1 Å². The summed E-state index contributed by atoms with van der Waals surface area (Å²) in [6.07, 6.45) is -1.41. The maximum atomic E-state index is 12.5. The Morgan fingerprint density at radius 2 is 1.92 bits per heavy atom. The Hall–Kier alpha value is -2.40. The van der Waals surface area contributed by atoms with E-state index in [1.807, 2.05) is 6.07 Å². The van der Waals surface area contributed by atoms with Gasteiger partial charge in [0, 0.05) is 4.90 Å². The summed E-state index contributed by atoms with van der Waals surface area (Å²) in [5, 5.41) is 20.8. The summed E-state index contributed by atoms with van der Waals surface area (Å²) < 4.78 is 19.8. The van der Waals surface area contributed by atoms with Crippen LogP contribution in [0.3, 0.4) is 0 Å². The van der Waals surface area contributed by atoms with Crippen LogP contribution in [0.1, 0.15) is 6.23 Å². The molecule has 2 aromatic heterocycles. The zero-order chi connectivity index (χ0) is 18.3. The van der Waals surface area contributed by atoms with Gasteiger partial charge >= 0.3 is 0 Å². The monoisotopic (exact) mass is 375 g/mol. The van der Waals surface area contributed by atoms with Gasteiger partial charge < -0.3 is 20.7 Å². The lowest BCUT2D eigenvalue weighted by molar-refractivity contribution is -0.0290. The zero-order valence-electron chi connectivity index (χ0n) is 13.5. The second-order valence-corrected chi connectivity index (χ2v) is 7.45. The number of anilines is 1. The lowest BCUT2D eigenvalue weighted by atomic mass is 10.1. The fourth-order valence-electron chi connectivity index (χ4n) is 2.97. The molecular weight excluding hydrogens is 358 g/mol. The van der Waals surface area contributed by atoms with Gasteiger partial charge in [-0.1, -0.05) is 18.2 Å². The molecule has 4 rings (SSSR count). The van der Waals surface area contributed by atoms with Crippen molar-refractivity contribution in [2.75, 3.05) is 11.5 Å². The molecule has 1 aliphatic rings. The molecule has 0 saturated carbocycles. The van der Waals surface area contributed by atoms with Crippen LogP contribution in [0, 0.1) is 0 Å². The van der Waals surface area contributed by atoms with Crippen molar-refractivity contribution in [3.63, 3.8) is 0 Å². The van der Waals surface area contributed by atoms with Crippen molar-refractivity contribution in [3.8, 4) is 0 Å². The third-order valence-electron chi connectivity index (χ3n) is 4.32. The molecule has 1 aliphatic heterocycles. The molecule has 0 spiro atoms. The van der Waals surface area contributed by atoms with Gasteiger partial charge in [0.2, 0.25) is 0 Å². The summed E-state index contributed by atoms with van der Waals surface area (Å²) in [7, 11) is -1.37. The van der Waals surface area contributed by atoms with Gasteiger partial charge in [0.1, 0.15) is 30.2 Å².